The van der Waals surface area contributed by atoms with Crippen molar-refractivity contribution in [2.45, 2.75) is 0 Å². The molecule has 1 fully saturated rings. The number of benzene rings is 3. The molecular formula is C29H31N7O6S. The van der Waals surface area contributed by atoms with Crippen LogP contribution >= 0.6 is 0 Å². The molecule has 1 aromatic heterocycles. The van der Waals surface area contributed by atoms with Crippen molar-refractivity contribution < 1.29 is 27.5 Å². The zero-order valence-electron chi connectivity index (χ0n) is 23.6. The van der Waals surface area contributed by atoms with Gasteiger partial charge in [-0.2, -0.15) is 0 Å². The second kappa shape index (κ2) is 13.4. The number of rotatable bonds is 11. The molecule has 1 aliphatic rings. The molecular weight excluding hydrogens is 574 g/mol. The van der Waals surface area contributed by atoms with Gasteiger partial charge in [-0.05, 0) is 30.3 Å². The molecule has 1 saturated heterocycles. The number of nitrogens with one attached hydrogen (secondary N) is 2. The largest absolute Gasteiger partial charge is 0.497 e. The molecule has 14 heteroatoms. The van der Waals surface area contributed by atoms with E-state index in [0.717, 1.165) is 10.7 Å². The summed E-state index contributed by atoms with van der Waals surface area (Å²) in [6, 6.07) is 18.8. The van der Waals surface area contributed by atoms with Crippen LogP contribution in [0.4, 0.5) is 28.7 Å². The van der Waals surface area contributed by atoms with Gasteiger partial charge >= 0.3 is 0 Å². The van der Waals surface area contributed by atoms with Crippen LogP contribution in [0.5, 0.6) is 11.5 Å². The first-order chi connectivity index (χ1) is 20.9. The zero-order chi connectivity index (χ0) is 30.3. The number of carbonyl (C=O) groups is 2. The molecule has 0 spiro atoms. The number of ether oxygens (including phenoxy) is 2. The van der Waals surface area contributed by atoms with Crippen molar-refractivity contribution in [2.24, 2.45) is 0 Å². The number of thiol groups is 1. The van der Waals surface area contributed by atoms with Crippen LogP contribution in [0.3, 0.4) is 0 Å². The predicted octanol–water partition coefficient (Wildman–Crippen LogP) is 2.77. The molecule has 13 nitrogen and oxygen atoms in total. The summed E-state index contributed by atoms with van der Waals surface area (Å²) in [7, 11) is -0.185. The molecule has 1 aliphatic heterocycles. The Bertz CT molecular complexity index is 1680. The molecule has 3 aromatic carbocycles. The minimum Gasteiger partial charge on any atom is -0.497 e. The molecule has 2 amide bonds. The van der Waals surface area contributed by atoms with Gasteiger partial charge < -0.3 is 25.0 Å². The third kappa shape index (κ3) is 7.10. The van der Waals surface area contributed by atoms with Crippen molar-refractivity contribution >= 4 is 62.9 Å². The first kappa shape index (κ1) is 29.5. The Morgan fingerprint density at radius 2 is 1.58 bits per heavy atom. The van der Waals surface area contributed by atoms with E-state index in [4.69, 9.17) is 14.5 Å². The Morgan fingerprint density at radius 1 is 0.907 bits per heavy atom. The quantitative estimate of drug-likeness (QED) is 0.172. The molecule has 5 rings (SSSR count). The summed E-state index contributed by atoms with van der Waals surface area (Å²) >= 11 is 0. The van der Waals surface area contributed by atoms with Gasteiger partial charge in [0, 0.05) is 55.8 Å². The highest BCUT2D eigenvalue weighted by molar-refractivity contribution is 7.74. The summed E-state index contributed by atoms with van der Waals surface area (Å²) in [4.78, 5) is 36.7. The minimum atomic E-state index is -3.25. The topological polar surface area (TPSA) is 146 Å². The Morgan fingerprint density at radius 3 is 2.21 bits per heavy atom. The SMILES string of the molecule is COc1cc(Nc2nc3ccccc3nc2N(c2cccc(NC(=O)CN3CCN(C=O)CC3)c2)[SH](=O)=O)cc(OC)c1. The molecule has 0 radical (unpaired) electrons. The number of carbonyl (C=O) groups excluding carboxylic acids is 2. The van der Waals surface area contributed by atoms with Crippen LogP contribution in [0.1, 0.15) is 0 Å². The van der Waals surface area contributed by atoms with Gasteiger partial charge in [-0.3, -0.25) is 14.5 Å². The van der Waals surface area contributed by atoms with Crippen molar-refractivity contribution in [3.05, 3.63) is 66.7 Å². The van der Waals surface area contributed by atoms with Gasteiger partial charge in [0.25, 0.3) is 0 Å². The Balaban J connectivity index is 1.46. The molecule has 2 N–H and O–H groups in total. The molecule has 0 bridgehead atoms. The molecule has 2 heterocycles. The van der Waals surface area contributed by atoms with Crippen LogP contribution in [0.15, 0.2) is 66.7 Å². The van der Waals surface area contributed by atoms with Gasteiger partial charge in [-0.25, -0.2) is 22.7 Å². The summed E-state index contributed by atoms with van der Waals surface area (Å²) < 4.78 is 37.4. The van der Waals surface area contributed by atoms with Gasteiger partial charge in [0.05, 0.1) is 37.5 Å². The number of hydrogen-bond acceptors (Lipinski definition) is 10. The van der Waals surface area contributed by atoms with Gasteiger partial charge in [-0.15, -0.1) is 0 Å². The number of fused-ring (bicyclic) bond motifs is 1. The summed E-state index contributed by atoms with van der Waals surface area (Å²) in [5.41, 5.74) is 2.26. The minimum absolute atomic E-state index is 0.0353. The van der Waals surface area contributed by atoms with Gasteiger partial charge in [-0.1, -0.05) is 18.2 Å². The van der Waals surface area contributed by atoms with Crippen LogP contribution in [0.25, 0.3) is 11.0 Å². The van der Waals surface area contributed by atoms with E-state index < -0.39 is 10.9 Å². The van der Waals surface area contributed by atoms with Crippen LogP contribution in [0, 0.1) is 0 Å². The summed E-state index contributed by atoms with van der Waals surface area (Å²) in [6.07, 6.45) is 0.809. The number of nitrogens with zero attached hydrogens (tertiary/aromatic N) is 5. The molecule has 0 atom stereocenters. The van der Waals surface area contributed by atoms with Crippen molar-refractivity contribution in [2.75, 3.05) is 61.9 Å². The number of hydrogen-bond donors (Lipinski definition) is 3. The zero-order valence-corrected chi connectivity index (χ0v) is 24.5. The highest BCUT2D eigenvalue weighted by atomic mass is 32.2. The van der Waals surface area contributed by atoms with E-state index in [2.05, 4.69) is 15.6 Å². The molecule has 224 valence electrons. The number of amides is 2. The monoisotopic (exact) mass is 605 g/mol. The lowest BCUT2D eigenvalue weighted by Crippen LogP contribution is -2.48. The fourth-order valence-electron chi connectivity index (χ4n) is 4.68. The molecule has 0 saturated carbocycles. The highest BCUT2D eigenvalue weighted by Gasteiger charge is 2.22. The normalized spacial score (nSPS) is 13.5. The third-order valence-corrected chi connectivity index (χ3v) is 7.57. The predicted molar refractivity (Wildman–Crippen MR) is 164 cm³/mol. The molecule has 0 aliphatic carbocycles. The smallest absolute Gasteiger partial charge is 0.238 e. The van der Waals surface area contributed by atoms with E-state index >= 15 is 0 Å². The van der Waals surface area contributed by atoms with Crippen molar-refractivity contribution in [1.82, 2.24) is 19.8 Å². The van der Waals surface area contributed by atoms with E-state index in [1.165, 1.54) is 14.2 Å². The van der Waals surface area contributed by atoms with E-state index in [9.17, 15) is 18.0 Å². The first-order valence-electron chi connectivity index (χ1n) is 13.4. The number of aromatic nitrogens is 2. The lowest BCUT2D eigenvalue weighted by atomic mass is 10.2. The fourth-order valence-corrected chi connectivity index (χ4v) is 5.29. The van der Waals surface area contributed by atoms with Gasteiger partial charge in [0.2, 0.25) is 23.2 Å². The van der Waals surface area contributed by atoms with Gasteiger partial charge in [0.15, 0.2) is 11.6 Å². The maximum absolute atomic E-state index is 12.8. The molecule has 43 heavy (non-hydrogen) atoms. The lowest BCUT2D eigenvalue weighted by Gasteiger charge is -2.31. The third-order valence-electron chi connectivity index (χ3n) is 6.83. The number of methoxy groups -OCH3 is 2. The first-order valence-corrected chi connectivity index (χ1v) is 14.5. The van der Waals surface area contributed by atoms with Crippen LogP contribution in [-0.4, -0.2) is 87.4 Å². The average Bonchev–Trinajstić information content (AvgIpc) is 3.01. The number of piperazine rings is 1. The number of anilines is 5. The lowest BCUT2D eigenvalue weighted by molar-refractivity contribution is -0.120. The standard InChI is InChI=1S/C29H31N7O6S/c1-41-23-15-21(16-24(17-23)42-2)31-28-29(33-26-9-4-3-8-25(26)32-28)36(43(39)40)22-7-5-6-20(14-22)30-27(38)18-34-10-12-35(19-37)13-11-34/h3-9,14-17,19,43H,10-13,18H2,1-2H3,(H,30,38)(H,31,32). The van der Waals surface area contributed by atoms with E-state index in [1.807, 2.05) is 11.0 Å². The second-order valence-electron chi connectivity index (χ2n) is 9.68. The molecule has 4 aromatic rings. The maximum Gasteiger partial charge on any atom is 0.238 e. The van der Waals surface area contributed by atoms with E-state index in [0.29, 0.717) is 60.1 Å². The van der Waals surface area contributed by atoms with Crippen LogP contribution in [-0.2, 0) is 20.5 Å². The fraction of sp³-hybridized carbons (Fsp3) is 0.241. The summed E-state index contributed by atoms with van der Waals surface area (Å²) in [5.74, 6) is 1.01. The Kier molecular flexibility index (Phi) is 9.17. The number of para-hydroxylation sites is 2. The summed E-state index contributed by atoms with van der Waals surface area (Å²) in [6.45, 7) is 2.44. The van der Waals surface area contributed by atoms with E-state index in [1.54, 1.807) is 65.6 Å². The van der Waals surface area contributed by atoms with Crippen LogP contribution in [0.2, 0.25) is 0 Å². The maximum atomic E-state index is 12.8. The Hall–Kier alpha value is -4.95. The average molecular weight is 606 g/mol. The highest BCUT2D eigenvalue weighted by Crippen LogP contribution is 2.35. The second-order valence-corrected chi connectivity index (χ2v) is 10.6. The van der Waals surface area contributed by atoms with Crippen molar-refractivity contribution in [3.8, 4) is 11.5 Å². The van der Waals surface area contributed by atoms with Gasteiger partial charge in [0.1, 0.15) is 11.5 Å². The van der Waals surface area contributed by atoms with E-state index in [-0.39, 0.29) is 29.8 Å². The van der Waals surface area contributed by atoms with Crippen molar-refractivity contribution in [1.29, 1.82) is 0 Å². The van der Waals surface area contributed by atoms with Crippen molar-refractivity contribution in [3.63, 3.8) is 0 Å². The summed E-state index contributed by atoms with van der Waals surface area (Å²) in [5, 5.41) is 6.02. The van der Waals surface area contributed by atoms with Crippen LogP contribution < -0.4 is 24.4 Å². The Labute approximate surface area is 250 Å². The molecule has 0 unspecified atom stereocenters.